The molecule has 0 radical (unpaired) electrons. The first-order valence-corrected chi connectivity index (χ1v) is 14.5. The summed E-state index contributed by atoms with van der Waals surface area (Å²) in [5.41, 5.74) is 3.70. The van der Waals surface area contributed by atoms with Crippen LogP contribution in [-0.2, 0) is 22.0 Å². The lowest BCUT2D eigenvalue weighted by Crippen LogP contribution is -2.33. The minimum atomic E-state index is -3.92. The third-order valence-electron chi connectivity index (χ3n) is 5.36. The number of phenols is 1. The van der Waals surface area contributed by atoms with Crippen LogP contribution in [0.1, 0.15) is 31.7 Å². The van der Waals surface area contributed by atoms with Crippen molar-refractivity contribution in [1.82, 2.24) is 5.10 Å². The van der Waals surface area contributed by atoms with Crippen molar-refractivity contribution in [2.75, 3.05) is 34.9 Å². The Morgan fingerprint density at radius 2 is 1.76 bits per heavy atom. The van der Waals surface area contributed by atoms with Crippen LogP contribution in [0, 0.1) is 6.92 Å². The summed E-state index contributed by atoms with van der Waals surface area (Å²) in [6.07, 6.45) is 4.24. The molecule has 3 aromatic rings. The normalized spacial score (nSPS) is 13.7. The zero-order valence-corrected chi connectivity index (χ0v) is 23.3. The van der Waals surface area contributed by atoms with Gasteiger partial charge >= 0.3 is 5.13 Å². The molecule has 0 atom stereocenters. The van der Waals surface area contributed by atoms with Crippen LogP contribution in [0.15, 0.2) is 46.6 Å². The first-order valence-electron chi connectivity index (χ1n) is 11.8. The van der Waals surface area contributed by atoms with Gasteiger partial charge in [-0.3, -0.25) is 4.79 Å². The number of piperidine rings is 1. The van der Waals surface area contributed by atoms with Crippen molar-refractivity contribution in [3.05, 3.63) is 42.0 Å². The van der Waals surface area contributed by atoms with Gasteiger partial charge in [0.2, 0.25) is 11.0 Å². The van der Waals surface area contributed by atoms with Crippen LogP contribution >= 0.6 is 11.3 Å². The fourth-order valence-corrected chi connectivity index (χ4v) is 4.53. The number of hydrogen-bond acceptors (Lipinski definition) is 11. The SMILES string of the molecule is CC(=O)Nc1cc(Nc2ccc(O)cc2)c(C)cc1N=Nc1sc(N2CCCCC2)n[n+]1C.CS(=O)(=O)[O-]. The Morgan fingerprint density at radius 3 is 2.37 bits per heavy atom. The number of anilines is 4. The maximum absolute atomic E-state index is 11.8. The minimum absolute atomic E-state index is 0.193. The summed E-state index contributed by atoms with van der Waals surface area (Å²) in [4.78, 5) is 14.1. The van der Waals surface area contributed by atoms with Crippen molar-refractivity contribution >= 4 is 60.4 Å². The molecule has 0 unspecified atom stereocenters. The average Bonchev–Trinajstić information content (AvgIpc) is 3.21. The molecule has 14 heteroatoms. The Kier molecular flexibility index (Phi) is 9.72. The summed E-state index contributed by atoms with van der Waals surface area (Å²) in [6.45, 7) is 5.46. The van der Waals surface area contributed by atoms with Crippen molar-refractivity contribution < 1.29 is 27.6 Å². The third-order valence-corrected chi connectivity index (χ3v) is 6.42. The number of aromatic nitrogens is 2. The lowest BCUT2D eigenvalue weighted by molar-refractivity contribution is -0.712. The summed E-state index contributed by atoms with van der Waals surface area (Å²) in [6, 6.07) is 10.5. The summed E-state index contributed by atoms with van der Waals surface area (Å²) in [5, 5.41) is 30.8. The molecule has 1 aromatic heterocycles. The van der Waals surface area contributed by atoms with Crippen LogP contribution in [0.2, 0.25) is 0 Å². The topological polar surface area (TPSA) is 163 Å². The van der Waals surface area contributed by atoms with Gasteiger partial charge in [-0.25, -0.2) is 8.42 Å². The highest BCUT2D eigenvalue weighted by Crippen LogP contribution is 2.35. The van der Waals surface area contributed by atoms with E-state index in [0.717, 1.165) is 35.2 Å². The minimum Gasteiger partial charge on any atom is -0.748 e. The van der Waals surface area contributed by atoms with Gasteiger partial charge in [0.15, 0.2) is 0 Å². The Bertz CT molecular complexity index is 1390. The predicted molar refractivity (Wildman–Crippen MR) is 146 cm³/mol. The monoisotopic (exact) mass is 561 g/mol. The molecular formula is C24H31N7O5S2. The summed E-state index contributed by atoms with van der Waals surface area (Å²) >= 11 is 1.51. The van der Waals surface area contributed by atoms with E-state index in [2.05, 4.69) is 30.9 Å². The Balaban J connectivity index is 0.000000732. The number of nitrogens with zero attached hydrogens (tertiary/aromatic N) is 5. The molecular weight excluding hydrogens is 530 g/mol. The van der Waals surface area contributed by atoms with Crippen LogP contribution in [0.5, 0.6) is 5.75 Å². The second-order valence-electron chi connectivity index (χ2n) is 8.78. The third kappa shape index (κ3) is 9.04. The number of amides is 1. The van der Waals surface area contributed by atoms with Gasteiger partial charge in [-0.2, -0.15) is 0 Å². The van der Waals surface area contributed by atoms with Gasteiger partial charge in [-0.05, 0) is 84.6 Å². The molecule has 38 heavy (non-hydrogen) atoms. The molecule has 1 amide bonds. The van der Waals surface area contributed by atoms with Crippen molar-refractivity contribution in [2.45, 2.75) is 33.1 Å². The van der Waals surface area contributed by atoms with Crippen molar-refractivity contribution in [2.24, 2.45) is 17.3 Å². The number of phenolic OH excluding ortho intramolecular Hbond substituents is 1. The molecule has 1 aliphatic heterocycles. The Morgan fingerprint density at radius 1 is 1.13 bits per heavy atom. The van der Waals surface area contributed by atoms with Gasteiger partial charge in [0.25, 0.3) is 0 Å². The van der Waals surface area contributed by atoms with Gasteiger partial charge in [0.05, 0.1) is 20.9 Å². The van der Waals surface area contributed by atoms with E-state index in [9.17, 15) is 9.90 Å². The van der Waals surface area contributed by atoms with Crippen LogP contribution < -0.4 is 20.2 Å². The number of aryl methyl sites for hydroxylation is 2. The molecule has 1 saturated heterocycles. The summed E-state index contributed by atoms with van der Waals surface area (Å²) in [5.74, 6) is 0.00765. The highest BCUT2D eigenvalue weighted by atomic mass is 32.2. The van der Waals surface area contributed by atoms with Crippen molar-refractivity contribution in [3.63, 3.8) is 0 Å². The highest BCUT2D eigenvalue weighted by Gasteiger charge is 2.22. The average molecular weight is 562 g/mol. The molecule has 2 aromatic carbocycles. The summed E-state index contributed by atoms with van der Waals surface area (Å²) < 4.78 is 29.0. The smallest absolute Gasteiger partial charge is 0.431 e. The lowest BCUT2D eigenvalue weighted by Gasteiger charge is -2.24. The number of azo groups is 1. The number of rotatable bonds is 6. The standard InChI is InChI=1S/C23H27N7O2S.CH4O3S/c1-15-13-21(26-27-22-29(3)28-23(33-22)30-11-5-4-6-12-30)20(24-16(2)31)14-19(15)25-17-7-9-18(32)10-8-17;1-5(2,3)4/h7-10,13-14H,4-6,11-12H2,1-3H3,(H2,24,25,26,31,32);1H3,(H,2,3,4). The highest BCUT2D eigenvalue weighted by molar-refractivity contribution is 7.84. The van der Waals surface area contributed by atoms with Crippen molar-refractivity contribution in [3.8, 4) is 5.75 Å². The van der Waals surface area contributed by atoms with E-state index in [1.54, 1.807) is 28.9 Å². The van der Waals surface area contributed by atoms with E-state index in [-0.39, 0.29) is 11.7 Å². The molecule has 204 valence electrons. The van der Waals surface area contributed by atoms with Crippen LogP contribution in [0.4, 0.5) is 33.0 Å². The maximum atomic E-state index is 11.8. The van der Waals surface area contributed by atoms with Crippen LogP contribution in [-0.4, -0.2) is 48.4 Å². The molecule has 1 aliphatic rings. The second kappa shape index (κ2) is 12.8. The first-order chi connectivity index (χ1) is 17.9. The van der Waals surface area contributed by atoms with E-state index in [0.29, 0.717) is 22.8 Å². The molecule has 12 nitrogen and oxygen atoms in total. The largest absolute Gasteiger partial charge is 0.748 e. The Labute approximate surface area is 225 Å². The zero-order valence-electron chi connectivity index (χ0n) is 21.6. The number of aromatic hydroxyl groups is 1. The van der Waals surface area contributed by atoms with Gasteiger partial charge in [0.1, 0.15) is 18.5 Å². The molecule has 1 fully saturated rings. The molecule has 0 aliphatic carbocycles. The maximum Gasteiger partial charge on any atom is 0.431 e. The second-order valence-corrected chi connectivity index (χ2v) is 11.1. The first kappa shape index (κ1) is 28.9. The number of benzene rings is 2. The lowest BCUT2D eigenvalue weighted by atomic mass is 10.1. The fraction of sp³-hybridized carbons (Fsp3) is 0.375. The molecule has 0 saturated carbocycles. The van der Waals surface area contributed by atoms with Gasteiger partial charge in [-0.15, -0.1) is 4.68 Å². The molecule has 3 N–H and O–H groups in total. The summed E-state index contributed by atoms with van der Waals surface area (Å²) in [7, 11) is -2.05. The van der Waals surface area contributed by atoms with Gasteiger partial charge in [-0.1, -0.05) is 5.10 Å². The van der Waals surface area contributed by atoms with E-state index >= 15 is 0 Å². The quantitative estimate of drug-likeness (QED) is 0.174. The number of nitrogens with one attached hydrogen (secondary N) is 2. The number of hydrogen-bond donors (Lipinski definition) is 3. The van der Waals surface area contributed by atoms with Crippen LogP contribution in [0.3, 0.4) is 0 Å². The molecule has 0 bridgehead atoms. The van der Waals surface area contributed by atoms with Gasteiger partial charge in [0, 0.05) is 37.6 Å². The molecule has 2 heterocycles. The van der Waals surface area contributed by atoms with Crippen LogP contribution in [0.25, 0.3) is 0 Å². The van der Waals surface area contributed by atoms with E-state index in [1.165, 1.54) is 37.5 Å². The van der Waals surface area contributed by atoms with E-state index in [1.807, 2.05) is 26.1 Å². The van der Waals surface area contributed by atoms with Gasteiger partial charge < -0.3 is 25.2 Å². The van der Waals surface area contributed by atoms with E-state index in [4.69, 9.17) is 13.0 Å². The predicted octanol–water partition coefficient (Wildman–Crippen LogP) is 4.25. The molecule has 4 rings (SSSR count). The van der Waals surface area contributed by atoms with Crippen molar-refractivity contribution in [1.29, 1.82) is 0 Å². The van der Waals surface area contributed by atoms with E-state index < -0.39 is 10.1 Å². The number of carbonyl (C=O) groups excluding carboxylic acids is 1. The number of carbonyl (C=O) groups is 1. The molecule has 0 spiro atoms. The Hall–Kier alpha value is -3.62. The zero-order chi connectivity index (χ0) is 27.9. The fourth-order valence-electron chi connectivity index (χ4n) is 3.63.